The Kier molecular flexibility index (Phi) is 7.45. The average Bonchev–Trinajstić information content (AvgIpc) is 2.56. The monoisotopic (exact) mass is 309 g/mol. The van der Waals surface area contributed by atoms with Crippen molar-refractivity contribution in [2.75, 3.05) is 27.3 Å². The molecule has 0 fully saturated rings. The van der Waals surface area contributed by atoms with Gasteiger partial charge in [0, 0.05) is 6.54 Å². The minimum absolute atomic E-state index is 0.00932. The number of amides is 1. The minimum atomic E-state index is -0.696. The summed E-state index contributed by atoms with van der Waals surface area (Å²) in [5.41, 5.74) is 0.821. The van der Waals surface area contributed by atoms with Crippen LogP contribution in [0.1, 0.15) is 12.0 Å². The van der Waals surface area contributed by atoms with Crippen LogP contribution < -0.4 is 0 Å². The molecule has 22 heavy (non-hydrogen) atoms. The van der Waals surface area contributed by atoms with Crippen molar-refractivity contribution in [3.63, 3.8) is 0 Å². The third-order valence-corrected chi connectivity index (χ3v) is 2.82. The van der Waals surface area contributed by atoms with Crippen LogP contribution in [-0.4, -0.2) is 50.2 Å². The van der Waals surface area contributed by atoms with E-state index in [2.05, 4.69) is 9.47 Å². The van der Waals surface area contributed by atoms with Crippen molar-refractivity contribution in [1.82, 2.24) is 4.90 Å². The molecule has 1 aromatic rings. The van der Waals surface area contributed by atoms with Crippen molar-refractivity contribution >= 4 is 18.0 Å². The molecule has 0 atom stereocenters. The zero-order chi connectivity index (χ0) is 16.4. The Morgan fingerprint density at radius 2 is 1.64 bits per heavy atom. The third-order valence-electron chi connectivity index (χ3n) is 2.82. The van der Waals surface area contributed by atoms with Crippen LogP contribution in [0, 0.1) is 0 Å². The summed E-state index contributed by atoms with van der Waals surface area (Å²) in [5.74, 6) is -1.08. The van der Waals surface area contributed by atoms with Crippen LogP contribution in [0.25, 0.3) is 0 Å². The normalized spacial score (nSPS) is 9.73. The number of esters is 2. The van der Waals surface area contributed by atoms with Crippen molar-refractivity contribution in [3.8, 4) is 0 Å². The summed E-state index contributed by atoms with van der Waals surface area (Å²) in [6, 6.07) is 9.13. The Morgan fingerprint density at radius 1 is 1.00 bits per heavy atom. The van der Waals surface area contributed by atoms with Crippen molar-refractivity contribution in [2.24, 2.45) is 0 Å². The average molecular weight is 309 g/mol. The number of rotatable bonds is 7. The topological polar surface area (TPSA) is 82.1 Å². The Balaban J connectivity index is 2.57. The van der Waals surface area contributed by atoms with Crippen molar-refractivity contribution in [2.45, 2.75) is 13.0 Å². The molecule has 0 bridgehead atoms. The first-order chi connectivity index (χ1) is 10.6. The zero-order valence-corrected chi connectivity index (χ0v) is 12.6. The second-order valence-electron chi connectivity index (χ2n) is 4.36. The molecule has 0 heterocycles. The van der Waals surface area contributed by atoms with E-state index in [1.54, 1.807) is 0 Å². The summed E-state index contributed by atoms with van der Waals surface area (Å²) in [4.78, 5) is 35.6. The number of carbonyl (C=O) groups excluding carboxylic acids is 3. The summed E-state index contributed by atoms with van der Waals surface area (Å²) < 4.78 is 14.2. The van der Waals surface area contributed by atoms with Gasteiger partial charge in [-0.1, -0.05) is 30.3 Å². The number of benzene rings is 1. The number of hydrogen-bond acceptors (Lipinski definition) is 6. The third kappa shape index (κ3) is 6.25. The zero-order valence-electron chi connectivity index (χ0n) is 12.6. The minimum Gasteiger partial charge on any atom is -0.469 e. The summed E-state index contributed by atoms with van der Waals surface area (Å²) in [7, 11) is 2.47. The number of ether oxygens (including phenoxy) is 3. The van der Waals surface area contributed by atoms with E-state index in [0.717, 1.165) is 10.5 Å². The van der Waals surface area contributed by atoms with Gasteiger partial charge in [0.1, 0.15) is 13.2 Å². The molecule has 0 aliphatic carbocycles. The Labute approximate surface area is 128 Å². The summed E-state index contributed by atoms with van der Waals surface area (Å²) >= 11 is 0. The van der Waals surface area contributed by atoms with E-state index in [-0.39, 0.29) is 26.1 Å². The van der Waals surface area contributed by atoms with Gasteiger partial charge in [0.2, 0.25) is 0 Å². The van der Waals surface area contributed by atoms with Gasteiger partial charge in [-0.3, -0.25) is 14.5 Å². The fourth-order valence-electron chi connectivity index (χ4n) is 1.59. The van der Waals surface area contributed by atoms with E-state index >= 15 is 0 Å². The lowest BCUT2D eigenvalue weighted by molar-refractivity contribution is -0.144. The predicted octanol–water partition coefficient (Wildman–Crippen LogP) is 1.36. The van der Waals surface area contributed by atoms with Gasteiger partial charge in [0.25, 0.3) is 0 Å². The highest BCUT2D eigenvalue weighted by Gasteiger charge is 2.20. The van der Waals surface area contributed by atoms with Gasteiger partial charge in [-0.05, 0) is 5.56 Å². The first-order valence-electron chi connectivity index (χ1n) is 6.66. The SMILES string of the molecule is COC(=O)CCN(CC(=O)OC)C(=O)OCc1ccccc1. The van der Waals surface area contributed by atoms with Crippen LogP contribution in [-0.2, 0) is 30.4 Å². The molecule has 0 radical (unpaired) electrons. The maximum absolute atomic E-state index is 12.0. The molecule has 0 aliphatic heterocycles. The summed E-state index contributed by atoms with van der Waals surface area (Å²) in [5, 5.41) is 0. The summed E-state index contributed by atoms with van der Waals surface area (Å²) in [6.45, 7) is -0.202. The molecule has 0 aliphatic rings. The highest BCUT2D eigenvalue weighted by atomic mass is 16.6. The van der Waals surface area contributed by atoms with Gasteiger partial charge in [-0.2, -0.15) is 0 Å². The largest absolute Gasteiger partial charge is 0.469 e. The number of nitrogens with zero attached hydrogens (tertiary/aromatic N) is 1. The summed E-state index contributed by atoms with van der Waals surface area (Å²) in [6.07, 6.45) is -0.730. The molecular weight excluding hydrogens is 290 g/mol. The highest BCUT2D eigenvalue weighted by molar-refractivity contribution is 5.78. The molecular formula is C15H19NO6. The van der Waals surface area contributed by atoms with E-state index in [0.29, 0.717) is 0 Å². The standard InChI is InChI=1S/C15H19NO6/c1-20-13(17)8-9-16(10-14(18)21-2)15(19)22-11-12-6-4-3-5-7-12/h3-7H,8-11H2,1-2H3. The number of carbonyl (C=O) groups is 3. The van der Waals surface area contributed by atoms with Gasteiger partial charge in [0.15, 0.2) is 0 Å². The van der Waals surface area contributed by atoms with E-state index in [4.69, 9.17) is 4.74 Å². The van der Waals surface area contributed by atoms with Gasteiger partial charge in [-0.15, -0.1) is 0 Å². The second-order valence-corrected chi connectivity index (χ2v) is 4.36. The molecule has 1 rings (SSSR count). The molecule has 7 heteroatoms. The molecule has 0 spiro atoms. The van der Waals surface area contributed by atoms with E-state index in [1.165, 1.54) is 14.2 Å². The van der Waals surface area contributed by atoms with Crippen LogP contribution in [0.3, 0.4) is 0 Å². The highest BCUT2D eigenvalue weighted by Crippen LogP contribution is 2.04. The maximum atomic E-state index is 12.0. The first kappa shape index (κ1) is 17.5. The maximum Gasteiger partial charge on any atom is 0.410 e. The van der Waals surface area contributed by atoms with Crippen LogP contribution in [0.2, 0.25) is 0 Å². The van der Waals surface area contributed by atoms with Gasteiger partial charge < -0.3 is 14.2 Å². The fraction of sp³-hybridized carbons (Fsp3) is 0.400. The van der Waals surface area contributed by atoms with Crippen molar-refractivity contribution < 1.29 is 28.6 Å². The first-order valence-corrected chi connectivity index (χ1v) is 6.66. The number of hydrogen-bond donors (Lipinski definition) is 0. The van der Waals surface area contributed by atoms with Crippen LogP contribution >= 0.6 is 0 Å². The number of methoxy groups -OCH3 is 2. The lowest BCUT2D eigenvalue weighted by Crippen LogP contribution is -2.38. The van der Waals surface area contributed by atoms with E-state index in [9.17, 15) is 14.4 Å². The molecule has 0 aromatic heterocycles. The van der Waals surface area contributed by atoms with Crippen LogP contribution in [0.4, 0.5) is 4.79 Å². The van der Waals surface area contributed by atoms with E-state index < -0.39 is 18.0 Å². The van der Waals surface area contributed by atoms with Crippen molar-refractivity contribution in [1.29, 1.82) is 0 Å². The van der Waals surface area contributed by atoms with Crippen LogP contribution in [0.5, 0.6) is 0 Å². The lowest BCUT2D eigenvalue weighted by Gasteiger charge is -2.20. The lowest BCUT2D eigenvalue weighted by atomic mass is 10.2. The predicted molar refractivity (Wildman–Crippen MR) is 76.8 cm³/mol. The second kappa shape index (κ2) is 9.38. The molecule has 7 nitrogen and oxygen atoms in total. The Hall–Kier alpha value is -2.57. The quantitative estimate of drug-likeness (QED) is 0.559. The molecule has 0 N–H and O–H groups in total. The Bertz CT molecular complexity index is 502. The molecule has 1 amide bonds. The van der Waals surface area contributed by atoms with Gasteiger partial charge in [0.05, 0.1) is 20.6 Å². The van der Waals surface area contributed by atoms with Crippen molar-refractivity contribution in [3.05, 3.63) is 35.9 Å². The molecule has 0 saturated carbocycles. The molecule has 0 saturated heterocycles. The van der Waals surface area contributed by atoms with Gasteiger partial charge in [-0.25, -0.2) is 4.79 Å². The van der Waals surface area contributed by atoms with Gasteiger partial charge >= 0.3 is 18.0 Å². The van der Waals surface area contributed by atoms with E-state index in [1.807, 2.05) is 30.3 Å². The Morgan fingerprint density at radius 3 is 2.23 bits per heavy atom. The smallest absolute Gasteiger partial charge is 0.410 e. The van der Waals surface area contributed by atoms with Crippen LogP contribution in [0.15, 0.2) is 30.3 Å². The molecule has 120 valence electrons. The molecule has 0 unspecified atom stereocenters. The fourth-order valence-corrected chi connectivity index (χ4v) is 1.59. The molecule has 1 aromatic carbocycles.